The van der Waals surface area contributed by atoms with Crippen molar-refractivity contribution < 1.29 is 18.3 Å². The summed E-state index contributed by atoms with van der Waals surface area (Å²) in [5.74, 6) is -1.97. The maximum Gasteiger partial charge on any atom is 0.341 e. The molecule has 1 aromatic heterocycles. The summed E-state index contributed by atoms with van der Waals surface area (Å²) in [5.41, 5.74) is 0.793. The van der Waals surface area contributed by atoms with Crippen LogP contribution in [0.15, 0.2) is 60.9 Å². The number of carbonyl (C=O) groups is 1. The summed E-state index contributed by atoms with van der Waals surface area (Å²) in [4.78, 5) is 16.6. The normalized spacial score (nSPS) is 12.0. The number of aromatic nitrogens is 2. The standard InChI is InChI=1S/C20H18F2N2O2/c1-24-12-11-23-19(24)18(10-7-14-5-3-2-4-6-14)26-20(25)16-9-8-15(21)13-17(16)22/h2-6,8-9,11-13,18H,7,10H2,1H3/t18-/m0/s1. The molecule has 0 saturated carbocycles. The van der Waals surface area contributed by atoms with Gasteiger partial charge in [0.05, 0.1) is 5.56 Å². The molecule has 0 amide bonds. The molecule has 3 rings (SSSR count). The Morgan fingerprint density at radius 1 is 1.19 bits per heavy atom. The highest BCUT2D eigenvalue weighted by Crippen LogP contribution is 2.24. The van der Waals surface area contributed by atoms with Crippen LogP contribution in [0, 0.1) is 11.6 Å². The van der Waals surface area contributed by atoms with Gasteiger partial charge in [-0.25, -0.2) is 18.6 Å². The zero-order valence-corrected chi connectivity index (χ0v) is 14.2. The van der Waals surface area contributed by atoms with Gasteiger partial charge in [-0.3, -0.25) is 0 Å². The van der Waals surface area contributed by atoms with Gasteiger partial charge in [0.2, 0.25) is 0 Å². The van der Waals surface area contributed by atoms with E-state index in [-0.39, 0.29) is 5.56 Å². The lowest BCUT2D eigenvalue weighted by Gasteiger charge is -2.18. The Bertz CT molecular complexity index is 894. The Hall–Kier alpha value is -3.02. The van der Waals surface area contributed by atoms with E-state index in [2.05, 4.69) is 4.98 Å². The monoisotopic (exact) mass is 356 g/mol. The van der Waals surface area contributed by atoms with Crippen molar-refractivity contribution in [1.29, 1.82) is 0 Å². The molecule has 0 fully saturated rings. The maximum atomic E-state index is 13.9. The average Bonchev–Trinajstić information content (AvgIpc) is 3.05. The van der Waals surface area contributed by atoms with E-state index < -0.39 is 23.7 Å². The molecule has 0 N–H and O–H groups in total. The molecule has 4 nitrogen and oxygen atoms in total. The number of carbonyl (C=O) groups excluding carboxylic acids is 1. The second-order valence-corrected chi connectivity index (χ2v) is 5.94. The molecule has 0 unspecified atom stereocenters. The number of aryl methyl sites for hydroxylation is 2. The van der Waals surface area contributed by atoms with Crippen molar-refractivity contribution in [2.24, 2.45) is 7.05 Å². The lowest BCUT2D eigenvalue weighted by molar-refractivity contribution is 0.0244. The molecular weight excluding hydrogens is 338 g/mol. The molecular formula is C20H18F2N2O2. The Morgan fingerprint density at radius 2 is 1.96 bits per heavy atom. The van der Waals surface area contributed by atoms with E-state index in [4.69, 9.17) is 4.74 Å². The van der Waals surface area contributed by atoms with Crippen LogP contribution in [-0.2, 0) is 18.2 Å². The van der Waals surface area contributed by atoms with E-state index >= 15 is 0 Å². The average molecular weight is 356 g/mol. The van der Waals surface area contributed by atoms with Crippen LogP contribution in [0.1, 0.15) is 34.3 Å². The molecule has 0 aliphatic rings. The minimum absolute atomic E-state index is 0.301. The number of esters is 1. The summed E-state index contributed by atoms with van der Waals surface area (Å²) < 4.78 is 34.2. The first kappa shape index (κ1) is 17.8. The summed E-state index contributed by atoms with van der Waals surface area (Å²) in [5, 5.41) is 0. The maximum absolute atomic E-state index is 13.9. The molecule has 1 heterocycles. The molecule has 134 valence electrons. The van der Waals surface area contributed by atoms with Crippen LogP contribution in [-0.4, -0.2) is 15.5 Å². The fourth-order valence-electron chi connectivity index (χ4n) is 2.72. The first-order valence-corrected chi connectivity index (χ1v) is 8.22. The van der Waals surface area contributed by atoms with Gasteiger partial charge in [0.15, 0.2) is 6.10 Å². The number of imidazole rings is 1. The minimum atomic E-state index is -0.948. The molecule has 2 aromatic carbocycles. The highest BCUT2D eigenvalue weighted by molar-refractivity contribution is 5.89. The SMILES string of the molecule is Cn1ccnc1[C@H](CCc1ccccc1)OC(=O)c1ccc(F)cc1F. The zero-order chi connectivity index (χ0) is 18.5. The number of hydrogen-bond acceptors (Lipinski definition) is 3. The van der Waals surface area contributed by atoms with Crippen molar-refractivity contribution in [3.05, 3.63) is 89.5 Å². The van der Waals surface area contributed by atoms with Crippen molar-refractivity contribution in [2.45, 2.75) is 18.9 Å². The van der Waals surface area contributed by atoms with E-state index in [1.165, 1.54) is 0 Å². The van der Waals surface area contributed by atoms with Gasteiger partial charge in [0.1, 0.15) is 17.5 Å². The number of hydrogen-bond donors (Lipinski definition) is 0. The Balaban J connectivity index is 1.79. The summed E-state index contributed by atoms with van der Waals surface area (Å²) in [6.45, 7) is 0. The van der Waals surface area contributed by atoms with Crippen LogP contribution in [0.25, 0.3) is 0 Å². The molecule has 0 spiro atoms. The van der Waals surface area contributed by atoms with E-state index in [1.807, 2.05) is 30.3 Å². The Labute approximate surface area is 150 Å². The largest absolute Gasteiger partial charge is 0.451 e. The highest BCUT2D eigenvalue weighted by Gasteiger charge is 2.23. The quantitative estimate of drug-likeness (QED) is 0.621. The van der Waals surface area contributed by atoms with Gasteiger partial charge in [-0.15, -0.1) is 0 Å². The number of ether oxygens (including phenoxy) is 1. The predicted octanol–water partition coefficient (Wildman–Crippen LogP) is 4.23. The molecule has 0 bridgehead atoms. The third kappa shape index (κ3) is 4.14. The van der Waals surface area contributed by atoms with E-state index in [9.17, 15) is 13.6 Å². The van der Waals surface area contributed by atoms with Crippen LogP contribution < -0.4 is 0 Å². The van der Waals surface area contributed by atoms with Crippen LogP contribution in [0.5, 0.6) is 0 Å². The summed E-state index contributed by atoms with van der Waals surface area (Å²) >= 11 is 0. The number of halogens is 2. The Morgan fingerprint density at radius 3 is 2.62 bits per heavy atom. The summed E-state index contributed by atoms with van der Waals surface area (Å²) in [6.07, 6.45) is 3.86. The number of benzene rings is 2. The number of nitrogens with zero attached hydrogens (tertiary/aromatic N) is 2. The lowest BCUT2D eigenvalue weighted by atomic mass is 10.1. The van der Waals surface area contributed by atoms with Crippen molar-refractivity contribution in [2.75, 3.05) is 0 Å². The lowest BCUT2D eigenvalue weighted by Crippen LogP contribution is -2.17. The van der Waals surface area contributed by atoms with E-state index in [1.54, 1.807) is 24.0 Å². The molecule has 0 saturated heterocycles. The fourth-order valence-corrected chi connectivity index (χ4v) is 2.72. The molecule has 3 aromatic rings. The van der Waals surface area contributed by atoms with Crippen molar-refractivity contribution in [3.63, 3.8) is 0 Å². The minimum Gasteiger partial charge on any atom is -0.451 e. The van der Waals surface area contributed by atoms with Gasteiger partial charge in [0, 0.05) is 25.5 Å². The first-order chi connectivity index (χ1) is 12.5. The molecule has 26 heavy (non-hydrogen) atoms. The molecule has 0 radical (unpaired) electrons. The van der Waals surface area contributed by atoms with Crippen molar-refractivity contribution >= 4 is 5.97 Å². The Kier molecular flexibility index (Phi) is 5.41. The van der Waals surface area contributed by atoms with E-state index in [0.29, 0.717) is 24.7 Å². The van der Waals surface area contributed by atoms with Crippen LogP contribution >= 0.6 is 0 Å². The summed E-state index contributed by atoms with van der Waals surface area (Å²) in [7, 11) is 1.80. The third-order valence-electron chi connectivity index (χ3n) is 4.08. The van der Waals surface area contributed by atoms with Crippen molar-refractivity contribution in [3.8, 4) is 0 Å². The zero-order valence-electron chi connectivity index (χ0n) is 14.2. The van der Waals surface area contributed by atoms with Crippen LogP contribution in [0.2, 0.25) is 0 Å². The van der Waals surface area contributed by atoms with E-state index in [0.717, 1.165) is 17.7 Å². The number of rotatable bonds is 6. The van der Waals surface area contributed by atoms with Gasteiger partial charge >= 0.3 is 5.97 Å². The highest BCUT2D eigenvalue weighted by atomic mass is 19.1. The molecule has 0 aliphatic carbocycles. The molecule has 6 heteroatoms. The van der Waals surface area contributed by atoms with Gasteiger partial charge < -0.3 is 9.30 Å². The summed E-state index contributed by atoms with van der Waals surface area (Å²) in [6, 6.07) is 12.5. The second-order valence-electron chi connectivity index (χ2n) is 5.94. The van der Waals surface area contributed by atoms with Gasteiger partial charge in [0.25, 0.3) is 0 Å². The second kappa shape index (κ2) is 7.91. The third-order valence-corrected chi connectivity index (χ3v) is 4.08. The van der Waals surface area contributed by atoms with Crippen LogP contribution in [0.3, 0.4) is 0 Å². The van der Waals surface area contributed by atoms with Gasteiger partial charge in [-0.05, 0) is 30.5 Å². The predicted molar refractivity (Wildman–Crippen MR) is 92.5 cm³/mol. The van der Waals surface area contributed by atoms with Gasteiger partial charge in [-0.1, -0.05) is 30.3 Å². The first-order valence-electron chi connectivity index (χ1n) is 8.22. The topological polar surface area (TPSA) is 44.1 Å². The smallest absolute Gasteiger partial charge is 0.341 e. The van der Waals surface area contributed by atoms with Crippen molar-refractivity contribution in [1.82, 2.24) is 9.55 Å². The van der Waals surface area contributed by atoms with Crippen LogP contribution in [0.4, 0.5) is 8.78 Å². The molecule has 1 atom stereocenters. The fraction of sp³-hybridized carbons (Fsp3) is 0.200. The van der Waals surface area contributed by atoms with Gasteiger partial charge in [-0.2, -0.15) is 0 Å². The molecule has 0 aliphatic heterocycles.